The quantitative estimate of drug-likeness (QED) is 0.729. The number of hydrogen-bond acceptors (Lipinski definition) is 7. The van der Waals surface area contributed by atoms with Crippen molar-refractivity contribution >= 4 is 23.2 Å². The second-order valence-corrected chi connectivity index (χ2v) is 6.24. The standard InChI is InChI=1S/C14H24N6O2S/c1-4-8-20-13(16-17-18-20)22-14(23)19(10(2)3)9-12(21)11-6-5-7-15-11/h10-11,15H,4-9H2,1-3H3/t11-/m1/s1. The lowest BCUT2D eigenvalue weighted by Gasteiger charge is -2.28. The van der Waals surface area contributed by atoms with Gasteiger partial charge in [0.2, 0.25) is 0 Å². The molecule has 1 aliphatic heterocycles. The Hall–Kier alpha value is -1.61. The molecule has 1 N–H and O–H groups in total. The number of carbonyl (C=O) groups is 1. The molecular formula is C14H24N6O2S. The number of carbonyl (C=O) groups excluding carboxylic acids is 1. The zero-order valence-corrected chi connectivity index (χ0v) is 14.7. The van der Waals surface area contributed by atoms with Crippen LogP contribution in [0.2, 0.25) is 0 Å². The molecule has 0 amide bonds. The van der Waals surface area contributed by atoms with E-state index in [9.17, 15) is 4.79 Å². The molecule has 0 bridgehead atoms. The molecule has 23 heavy (non-hydrogen) atoms. The van der Waals surface area contributed by atoms with Crippen LogP contribution in [0, 0.1) is 0 Å². The molecule has 2 rings (SSSR count). The fraction of sp³-hybridized carbons (Fsp3) is 0.786. The first-order valence-corrected chi connectivity index (χ1v) is 8.44. The normalized spacial score (nSPS) is 17.5. The molecule has 0 aromatic carbocycles. The highest BCUT2D eigenvalue weighted by molar-refractivity contribution is 7.80. The smallest absolute Gasteiger partial charge is 0.342 e. The first kappa shape index (κ1) is 17.7. The van der Waals surface area contributed by atoms with Gasteiger partial charge in [-0.15, -0.1) is 0 Å². The zero-order valence-electron chi connectivity index (χ0n) is 13.9. The van der Waals surface area contributed by atoms with Crippen molar-refractivity contribution in [2.24, 2.45) is 0 Å². The summed E-state index contributed by atoms with van der Waals surface area (Å²) >= 11 is 5.36. The van der Waals surface area contributed by atoms with Crippen LogP contribution >= 0.6 is 12.2 Å². The Morgan fingerprint density at radius 3 is 2.96 bits per heavy atom. The Kier molecular flexibility index (Phi) is 6.40. The van der Waals surface area contributed by atoms with Gasteiger partial charge in [0.15, 0.2) is 5.78 Å². The van der Waals surface area contributed by atoms with Crippen LogP contribution in [-0.2, 0) is 11.3 Å². The van der Waals surface area contributed by atoms with Gasteiger partial charge in [-0.25, -0.2) is 0 Å². The lowest BCUT2D eigenvalue weighted by atomic mass is 10.1. The minimum Gasteiger partial charge on any atom is -0.396 e. The number of nitrogens with one attached hydrogen (secondary N) is 1. The van der Waals surface area contributed by atoms with Gasteiger partial charge >= 0.3 is 6.01 Å². The lowest BCUT2D eigenvalue weighted by molar-refractivity contribution is -0.121. The molecule has 1 saturated heterocycles. The molecule has 0 saturated carbocycles. The van der Waals surface area contributed by atoms with Gasteiger partial charge in [-0.3, -0.25) is 4.79 Å². The number of aromatic nitrogens is 4. The molecule has 9 heteroatoms. The molecule has 128 valence electrons. The topological polar surface area (TPSA) is 85.2 Å². The number of hydrogen-bond donors (Lipinski definition) is 1. The predicted octanol–water partition coefficient (Wildman–Crippen LogP) is 0.778. The van der Waals surface area contributed by atoms with Crippen LogP contribution in [0.1, 0.15) is 40.0 Å². The number of Topliss-reactive ketones (excluding diaryl/α,β-unsaturated/α-hetero) is 1. The number of ether oxygens (including phenoxy) is 1. The largest absolute Gasteiger partial charge is 0.396 e. The molecule has 1 aliphatic rings. The summed E-state index contributed by atoms with van der Waals surface area (Å²) in [4.78, 5) is 14.1. The summed E-state index contributed by atoms with van der Waals surface area (Å²) in [5.41, 5.74) is 0. The van der Waals surface area contributed by atoms with Crippen molar-refractivity contribution in [1.82, 2.24) is 30.4 Å². The fourth-order valence-corrected chi connectivity index (χ4v) is 2.80. The third-order valence-electron chi connectivity index (χ3n) is 3.75. The van der Waals surface area contributed by atoms with Gasteiger partial charge < -0.3 is 15.0 Å². The summed E-state index contributed by atoms with van der Waals surface area (Å²) in [6, 6.07) is 0.224. The number of rotatable bonds is 7. The maximum absolute atomic E-state index is 12.4. The van der Waals surface area contributed by atoms with Crippen LogP contribution in [0.25, 0.3) is 0 Å². The van der Waals surface area contributed by atoms with E-state index >= 15 is 0 Å². The lowest BCUT2D eigenvalue weighted by Crippen LogP contribution is -2.46. The summed E-state index contributed by atoms with van der Waals surface area (Å²) in [7, 11) is 0. The Balaban J connectivity index is 2.00. The molecule has 0 radical (unpaired) electrons. The van der Waals surface area contributed by atoms with Crippen LogP contribution in [-0.4, -0.2) is 61.2 Å². The van der Waals surface area contributed by atoms with E-state index in [4.69, 9.17) is 17.0 Å². The van der Waals surface area contributed by atoms with Crippen LogP contribution in [0.4, 0.5) is 0 Å². The van der Waals surface area contributed by atoms with Crippen LogP contribution < -0.4 is 10.1 Å². The average molecular weight is 340 g/mol. The predicted molar refractivity (Wildman–Crippen MR) is 89.2 cm³/mol. The van der Waals surface area contributed by atoms with E-state index in [1.165, 1.54) is 0 Å². The van der Waals surface area contributed by atoms with E-state index in [1.807, 2.05) is 20.8 Å². The minimum atomic E-state index is -0.0792. The first-order valence-electron chi connectivity index (χ1n) is 8.03. The summed E-state index contributed by atoms with van der Waals surface area (Å²) in [5.74, 6) is 0.135. The third kappa shape index (κ3) is 4.68. The fourth-order valence-electron chi connectivity index (χ4n) is 2.45. The maximum Gasteiger partial charge on any atom is 0.342 e. The number of aryl methyl sites for hydroxylation is 1. The average Bonchev–Trinajstić information content (AvgIpc) is 3.17. The molecule has 1 atom stereocenters. The van der Waals surface area contributed by atoms with Gasteiger partial charge in [0, 0.05) is 12.6 Å². The van der Waals surface area contributed by atoms with Crippen molar-refractivity contribution in [3.8, 4) is 6.01 Å². The van der Waals surface area contributed by atoms with E-state index in [-0.39, 0.29) is 35.6 Å². The zero-order chi connectivity index (χ0) is 16.8. The van der Waals surface area contributed by atoms with Gasteiger partial charge in [0.05, 0.1) is 12.6 Å². The van der Waals surface area contributed by atoms with Crippen molar-refractivity contribution in [3.63, 3.8) is 0 Å². The summed E-state index contributed by atoms with van der Waals surface area (Å²) in [5, 5.41) is 14.7. The number of nitrogens with zero attached hydrogens (tertiary/aromatic N) is 5. The van der Waals surface area contributed by atoms with Crippen LogP contribution in [0.15, 0.2) is 0 Å². The highest BCUT2D eigenvalue weighted by Gasteiger charge is 2.27. The molecule has 2 heterocycles. The number of thiocarbonyl (C=S) groups is 1. The van der Waals surface area contributed by atoms with Gasteiger partial charge in [-0.1, -0.05) is 12.0 Å². The molecule has 8 nitrogen and oxygen atoms in total. The van der Waals surface area contributed by atoms with Crippen molar-refractivity contribution in [2.75, 3.05) is 13.1 Å². The van der Waals surface area contributed by atoms with E-state index in [2.05, 4.69) is 20.8 Å². The molecule has 1 fully saturated rings. The Labute approximate surface area is 141 Å². The van der Waals surface area contributed by atoms with E-state index < -0.39 is 0 Å². The van der Waals surface area contributed by atoms with Crippen LogP contribution in [0.3, 0.4) is 0 Å². The van der Waals surface area contributed by atoms with E-state index in [1.54, 1.807) is 9.58 Å². The van der Waals surface area contributed by atoms with E-state index in [0.717, 1.165) is 25.8 Å². The second-order valence-electron chi connectivity index (χ2n) is 5.89. The molecule has 0 aliphatic carbocycles. The second kappa shape index (κ2) is 8.30. The summed E-state index contributed by atoms with van der Waals surface area (Å²) in [6.07, 6.45) is 2.80. The number of ketones is 1. The Bertz CT molecular complexity index is 541. The molecule has 0 unspecified atom stereocenters. The highest BCUT2D eigenvalue weighted by atomic mass is 32.1. The van der Waals surface area contributed by atoms with Crippen molar-refractivity contribution in [1.29, 1.82) is 0 Å². The van der Waals surface area contributed by atoms with Crippen molar-refractivity contribution in [2.45, 2.75) is 58.7 Å². The Morgan fingerprint density at radius 1 is 1.57 bits per heavy atom. The molecular weight excluding hydrogens is 316 g/mol. The SMILES string of the molecule is CCCn1nnnc1OC(=S)N(CC(=O)[C@H]1CCCN1)C(C)C. The Morgan fingerprint density at radius 2 is 2.35 bits per heavy atom. The minimum absolute atomic E-state index is 0.0448. The summed E-state index contributed by atoms with van der Waals surface area (Å²) < 4.78 is 7.20. The van der Waals surface area contributed by atoms with Crippen LogP contribution in [0.5, 0.6) is 6.01 Å². The highest BCUT2D eigenvalue weighted by Crippen LogP contribution is 2.12. The van der Waals surface area contributed by atoms with Gasteiger partial charge in [-0.05, 0) is 62.3 Å². The molecule has 0 spiro atoms. The first-order chi connectivity index (χ1) is 11.0. The maximum atomic E-state index is 12.4. The van der Waals surface area contributed by atoms with Gasteiger partial charge in [0.25, 0.3) is 5.17 Å². The monoisotopic (exact) mass is 340 g/mol. The van der Waals surface area contributed by atoms with Crippen molar-refractivity contribution in [3.05, 3.63) is 0 Å². The summed E-state index contributed by atoms with van der Waals surface area (Å²) in [6.45, 7) is 7.74. The van der Waals surface area contributed by atoms with Gasteiger partial charge in [0.1, 0.15) is 0 Å². The third-order valence-corrected chi connectivity index (χ3v) is 4.06. The molecule has 1 aromatic heterocycles. The van der Waals surface area contributed by atoms with E-state index in [0.29, 0.717) is 6.54 Å². The molecule has 1 aromatic rings. The van der Waals surface area contributed by atoms with Crippen molar-refractivity contribution < 1.29 is 9.53 Å². The van der Waals surface area contributed by atoms with Gasteiger partial charge in [-0.2, -0.15) is 4.68 Å². The number of tetrazole rings is 1.